The molecule has 0 aliphatic rings. The maximum Gasteiger partial charge on any atom is 0.344 e. The Balaban J connectivity index is 2.78. The molecular formula is C10H13NO3. The van der Waals surface area contributed by atoms with E-state index in [9.17, 15) is 4.79 Å². The predicted molar refractivity (Wildman–Crippen MR) is 53.3 cm³/mol. The fourth-order valence-electron chi connectivity index (χ4n) is 0.976. The number of carboxylic acid groups (broad SMARTS) is 1. The quantitative estimate of drug-likeness (QED) is 0.715. The fourth-order valence-corrected chi connectivity index (χ4v) is 0.976. The Hall–Kier alpha value is -1.71. The number of ether oxygens (including phenoxy) is 1. The first-order chi connectivity index (χ1) is 6.50. The average Bonchev–Trinajstić information content (AvgIpc) is 2.11. The normalized spacial score (nSPS) is 12.1. The topological polar surface area (TPSA) is 72.5 Å². The van der Waals surface area contributed by atoms with Crippen molar-refractivity contribution >= 4 is 11.7 Å². The summed E-state index contributed by atoms with van der Waals surface area (Å²) >= 11 is 0. The summed E-state index contributed by atoms with van der Waals surface area (Å²) in [5.41, 5.74) is 7.15. The van der Waals surface area contributed by atoms with Gasteiger partial charge in [-0.15, -0.1) is 0 Å². The van der Waals surface area contributed by atoms with Crippen molar-refractivity contribution in [2.45, 2.75) is 20.0 Å². The molecule has 0 heterocycles. The van der Waals surface area contributed by atoms with E-state index >= 15 is 0 Å². The van der Waals surface area contributed by atoms with Gasteiger partial charge < -0.3 is 15.6 Å². The molecule has 0 saturated carbocycles. The molecule has 0 saturated heterocycles. The second-order valence-electron chi connectivity index (χ2n) is 3.12. The lowest BCUT2D eigenvalue weighted by atomic mass is 10.2. The summed E-state index contributed by atoms with van der Waals surface area (Å²) < 4.78 is 5.16. The maximum absolute atomic E-state index is 10.5. The van der Waals surface area contributed by atoms with Crippen molar-refractivity contribution < 1.29 is 14.6 Å². The Bertz CT molecular complexity index is 349. The van der Waals surface area contributed by atoms with E-state index in [2.05, 4.69) is 0 Å². The molecule has 1 aromatic rings. The molecule has 1 aromatic carbocycles. The van der Waals surface area contributed by atoms with Crippen LogP contribution < -0.4 is 10.5 Å². The van der Waals surface area contributed by atoms with Crippen LogP contribution in [0.5, 0.6) is 5.75 Å². The Labute approximate surface area is 82.3 Å². The molecule has 4 nitrogen and oxygen atoms in total. The van der Waals surface area contributed by atoms with Gasteiger partial charge in [0, 0.05) is 5.69 Å². The zero-order valence-electron chi connectivity index (χ0n) is 8.15. The lowest BCUT2D eigenvalue weighted by Gasteiger charge is -2.11. The Kier molecular flexibility index (Phi) is 2.96. The van der Waals surface area contributed by atoms with Gasteiger partial charge in [0.15, 0.2) is 6.10 Å². The van der Waals surface area contributed by atoms with Gasteiger partial charge in [0.05, 0.1) is 0 Å². The highest BCUT2D eigenvalue weighted by molar-refractivity contribution is 5.72. The summed E-state index contributed by atoms with van der Waals surface area (Å²) in [7, 11) is 0. The van der Waals surface area contributed by atoms with E-state index in [0.29, 0.717) is 11.4 Å². The standard InChI is InChI=1S/C10H13NO3/c1-6-5-8(3-4-9(6)11)14-7(2)10(12)13/h3-5,7H,11H2,1-2H3,(H,12,13). The highest BCUT2D eigenvalue weighted by Gasteiger charge is 2.12. The second kappa shape index (κ2) is 4.00. The Morgan fingerprint density at radius 1 is 1.57 bits per heavy atom. The number of benzene rings is 1. The van der Waals surface area contributed by atoms with Crippen LogP contribution in [0.1, 0.15) is 12.5 Å². The smallest absolute Gasteiger partial charge is 0.344 e. The number of rotatable bonds is 3. The number of carboxylic acids is 1. The van der Waals surface area contributed by atoms with E-state index in [1.54, 1.807) is 18.2 Å². The molecule has 1 rings (SSSR count). The summed E-state index contributed by atoms with van der Waals surface area (Å²) in [6, 6.07) is 5.07. The lowest BCUT2D eigenvalue weighted by Crippen LogP contribution is -2.22. The average molecular weight is 195 g/mol. The number of nitrogens with two attached hydrogens (primary N) is 1. The first-order valence-electron chi connectivity index (χ1n) is 4.26. The van der Waals surface area contributed by atoms with E-state index in [0.717, 1.165) is 5.56 Å². The molecular weight excluding hydrogens is 182 g/mol. The molecule has 0 aromatic heterocycles. The zero-order chi connectivity index (χ0) is 10.7. The molecule has 0 fully saturated rings. The van der Waals surface area contributed by atoms with E-state index in [4.69, 9.17) is 15.6 Å². The van der Waals surface area contributed by atoms with Gasteiger partial charge in [-0.1, -0.05) is 0 Å². The Morgan fingerprint density at radius 2 is 2.21 bits per heavy atom. The lowest BCUT2D eigenvalue weighted by molar-refractivity contribution is -0.144. The SMILES string of the molecule is Cc1cc(OC(C)C(=O)O)ccc1N. The van der Waals surface area contributed by atoms with Gasteiger partial charge >= 0.3 is 5.97 Å². The van der Waals surface area contributed by atoms with Crippen molar-refractivity contribution in [3.05, 3.63) is 23.8 Å². The molecule has 1 unspecified atom stereocenters. The van der Waals surface area contributed by atoms with Crippen molar-refractivity contribution in [1.82, 2.24) is 0 Å². The number of nitrogen functional groups attached to an aromatic ring is 1. The molecule has 0 spiro atoms. The minimum Gasteiger partial charge on any atom is -0.479 e. The van der Waals surface area contributed by atoms with Crippen LogP contribution in [0.25, 0.3) is 0 Å². The van der Waals surface area contributed by atoms with E-state index < -0.39 is 12.1 Å². The zero-order valence-corrected chi connectivity index (χ0v) is 8.15. The predicted octanol–water partition coefficient (Wildman–Crippen LogP) is 1.43. The number of hydrogen-bond acceptors (Lipinski definition) is 3. The Morgan fingerprint density at radius 3 is 2.71 bits per heavy atom. The summed E-state index contributed by atoms with van der Waals surface area (Å²) in [5.74, 6) is -0.467. The molecule has 0 bridgehead atoms. The van der Waals surface area contributed by atoms with Gasteiger partial charge in [-0.25, -0.2) is 4.79 Å². The summed E-state index contributed by atoms with van der Waals surface area (Å²) in [5, 5.41) is 8.62. The molecule has 76 valence electrons. The van der Waals surface area contributed by atoms with Crippen LogP contribution in [0.2, 0.25) is 0 Å². The number of anilines is 1. The number of carbonyl (C=O) groups is 1. The van der Waals surface area contributed by atoms with Crippen LogP contribution in [0.3, 0.4) is 0 Å². The van der Waals surface area contributed by atoms with Crippen molar-refractivity contribution in [1.29, 1.82) is 0 Å². The van der Waals surface area contributed by atoms with Gasteiger partial charge in [-0.05, 0) is 37.6 Å². The molecule has 14 heavy (non-hydrogen) atoms. The van der Waals surface area contributed by atoms with Crippen molar-refractivity contribution in [2.75, 3.05) is 5.73 Å². The van der Waals surface area contributed by atoms with Gasteiger partial charge in [0.25, 0.3) is 0 Å². The molecule has 0 amide bonds. The van der Waals surface area contributed by atoms with Crippen LogP contribution in [0, 0.1) is 6.92 Å². The van der Waals surface area contributed by atoms with Gasteiger partial charge in [-0.2, -0.15) is 0 Å². The van der Waals surface area contributed by atoms with Crippen LogP contribution in [0.15, 0.2) is 18.2 Å². The summed E-state index contributed by atoms with van der Waals surface area (Å²) in [6.45, 7) is 3.32. The van der Waals surface area contributed by atoms with Crippen molar-refractivity contribution in [2.24, 2.45) is 0 Å². The number of aliphatic carboxylic acids is 1. The van der Waals surface area contributed by atoms with Crippen LogP contribution in [-0.2, 0) is 4.79 Å². The molecule has 0 aliphatic carbocycles. The van der Waals surface area contributed by atoms with Crippen LogP contribution in [-0.4, -0.2) is 17.2 Å². The molecule has 3 N–H and O–H groups in total. The first kappa shape index (κ1) is 10.4. The third-order valence-corrected chi connectivity index (χ3v) is 1.90. The van der Waals surface area contributed by atoms with Crippen molar-refractivity contribution in [3.8, 4) is 5.75 Å². The summed E-state index contributed by atoms with van der Waals surface area (Å²) in [4.78, 5) is 10.5. The van der Waals surface area contributed by atoms with E-state index in [-0.39, 0.29) is 0 Å². The summed E-state index contributed by atoms with van der Waals surface area (Å²) in [6.07, 6.45) is -0.849. The minimum atomic E-state index is -0.987. The molecule has 4 heteroatoms. The second-order valence-corrected chi connectivity index (χ2v) is 3.12. The minimum absolute atomic E-state index is 0.520. The van der Waals surface area contributed by atoms with Gasteiger partial charge in [0.2, 0.25) is 0 Å². The van der Waals surface area contributed by atoms with Crippen molar-refractivity contribution in [3.63, 3.8) is 0 Å². The van der Waals surface area contributed by atoms with E-state index in [1.165, 1.54) is 6.92 Å². The van der Waals surface area contributed by atoms with Gasteiger partial charge in [0.1, 0.15) is 5.75 Å². The number of hydrogen-bond donors (Lipinski definition) is 2. The third-order valence-electron chi connectivity index (χ3n) is 1.90. The highest BCUT2D eigenvalue weighted by Crippen LogP contribution is 2.19. The third kappa shape index (κ3) is 2.39. The largest absolute Gasteiger partial charge is 0.479 e. The van der Waals surface area contributed by atoms with Crippen LogP contribution >= 0.6 is 0 Å². The highest BCUT2D eigenvalue weighted by atomic mass is 16.5. The molecule has 1 atom stereocenters. The van der Waals surface area contributed by atoms with Gasteiger partial charge in [-0.3, -0.25) is 0 Å². The molecule has 0 aliphatic heterocycles. The van der Waals surface area contributed by atoms with Crippen LogP contribution in [0.4, 0.5) is 5.69 Å². The first-order valence-corrected chi connectivity index (χ1v) is 4.26. The molecule has 0 radical (unpaired) electrons. The maximum atomic E-state index is 10.5. The monoisotopic (exact) mass is 195 g/mol. The fraction of sp³-hybridized carbons (Fsp3) is 0.300. The van der Waals surface area contributed by atoms with E-state index in [1.807, 2.05) is 6.92 Å². The number of aryl methyl sites for hydroxylation is 1.